The van der Waals surface area contributed by atoms with Crippen LogP contribution in [0, 0.1) is 37.0 Å². The highest BCUT2D eigenvalue weighted by molar-refractivity contribution is 7.15. The quantitative estimate of drug-likeness (QED) is 0.624. The normalized spacial score (nSPS) is 20.8. The van der Waals surface area contributed by atoms with E-state index < -0.39 is 0 Å². The minimum atomic E-state index is -0.194. The molecule has 166 valence electrons. The highest BCUT2D eigenvalue weighted by atomic mass is 32.1. The Hall–Kier alpha value is -3.50. The van der Waals surface area contributed by atoms with Crippen LogP contribution < -0.4 is 5.32 Å². The van der Waals surface area contributed by atoms with Gasteiger partial charge in [-0.15, -0.1) is 11.3 Å². The fourth-order valence-electron chi connectivity index (χ4n) is 4.75. The molecule has 2 aromatic carbocycles. The van der Waals surface area contributed by atoms with Crippen molar-refractivity contribution in [3.63, 3.8) is 0 Å². The topological polar surface area (TPSA) is 86.1 Å². The van der Waals surface area contributed by atoms with E-state index in [-0.39, 0.29) is 17.9 Å². The van der Waals surface area contributed by atoms with Crippen LogP contribution in [0.25, 0.3) is 10.4 Å². The second kappa shape index (κ2) is 8.45. The van der Waals surface area contributed by atoms with E-state index in [0.717, 1.165) is 27.4 Å². The number of hydrogen-bond donors (Lipinski definition) is 1. The van der Waals surface area contributed by atoms with Gasteiger partial charge in [0.05, 0.1) is 27.6 Å². The lowest BCUT2D eigenvalue weighted by Crippen LogP contribution is -2.45. The molecular weight excluding hydrogens is 432 g/mol. The van der Waals surface area contributed by atoms with Crippen molar-refractivity contribution in [3.05, 3.63) is 75.9 Å². The Bertz CT molecular complexity index is 1270. The molecule has 1 aromatic heterocycles. The van der Waals surface area contributed by atoms with Gasteiger partial charge in [0.25, 0.3) is 11.8 Å². The van der Waals surface area contributed by atoms with Crippen molar-refractivity contribution in [1.82, 2.24) is 15.2 Å². The molecule has 0 radical (unpaired) electrons. The van der Waals surface area contributed by atoms with Gasteiger partial charge in [-0.05, 0) is 61.9 Å². The summed E-state index contributed by atoms with van der Waals surface area (Å²) in [6, 6.07) is 16.7. The number of fused-ring (bicyclic) bond motifs is 1. The molecule has 1 aliphatic heterocycles. The third-order valence-electron chi connectivity index (χ3n) is 6.53. The van der Waals surface area contributed by atoms with Crippen LogP contribution in [0.1, 0.15) is 43.4 Å². The Balaban J connectivity index is 1.34. The molecule has 1 saturated heterocycles. The van der Waals surface area contributed by atoms with E-state index in [1.165, 1.54) is 0 Å². The molecule has 2 fully saturated rings. The van der Waals surface area contributed by atoms with Crippen LogP contribution in [0.4, 0.5) is 0 Å². The van der Waals surface area contributed by atoms with Crippen molar-refractivity contribution in [1.29, 1.82) is 5.26 Å². The van der Waals surface area contributed by atoms with E-state index in [0.29, 0.717) is 41.7 Å². The molecule has 2 amide bonds. The molecule has 1 unspecified atom stereocenters. The molecule has 2 heterocycles. The summed E-state index contributed by atoms with van der Waals surface area (Å²) < 4.78 is 0. The largest absolute Gasteiger partial charge is 0.350 e. The minimum absolute atomic E-state index is 0.0304. The van der Waals surface area contributed by atoms with Crippen LogP contribution >= 0.6 is 11.3 Å². The molecule has 3 atom stereocenters. The molecule has 3 aromatic rings. The number of rotatable bonds is 5. The van der Waals surface area contributed by atoms with E-state index in [9.17, 15) is 9.59 Å². The van der Waals surface area contributed by atoms with E-state index in [1.54, 1.807) is 35.6 Å². The average molecular weight is 457 g/mol. The van der Waals surface area contributed by atoms with Crippen molar-refractivity contribution >= 4 is 23.2 Å². The van der Waals surface area contributed by atoms with Gasteiger partial charge in [0, 0.05) is 18.7 Å². The molecule has 6 nitrogen and oxygen atoms in total. The van der Waals surface area contributed by atoms with Crippen LogP contribution in [-0.4, -0.2) is 40.8 Å². The lowest BCUT2D eigenvalue weighted by Gasteiger charge is -2.27. The highest BCUT2D eigenvalue weighted by Gasteiger charge is 2.54. The third kappa shape index (κ3) is 4.14. The highest BCUT2D eigenvalue weighted by Crippen LogP contribution is 2.50. The summed E-state index contributed by atoms with van der Waals surface area (Å²) in [6.07, 6.45) is 1.10. The number of amides is 2. The van der Waals surface area contributed by atoms with Gasteiger partial charge in [0.2, 0.25) is 0 Å². The number of aryl methyl sites for hydroxylation is 2. The van der Waals surface area contributed by atoms with Gasteiger partial charge >= 0.3 is 0 Å². The third-order valence-corrected chi connectivity index (χ3v) is 7.55. The Kier molecular flexibility index (Phi) is 5.47. The van der Waals surface area contributed by atoms with E-state index in [2.05, 4.69) is 22.4 Å². The summed E-state index contributed by atoms with van der Waals surface area (Å²) in [5.74, 6) is 0.687. The first-order chi connectivity index (χ1) is 15.9. The number of thiazole rings is 1. The molecular formula is C26H24N4O2S. The Morgan fingerprint density at radius 1 is 1.21 bits per heavy atom. The second-order valence-corrected chi connectivity index (χ2v) is 10.1. The maximum atomic E-state index is 13.6. The average Bonchev–Trinajstić information content (AvgIpc) is 3.33. The van der Waals surface area contributed by atoms with E-state index in [1.807, 2.05) is 36.9 Å². The molecule has 1 saturated carbocycles. The first-order valence-electron chi connectivity index (χ1n) is 11.1. The van der Waals surface area contributed by atoms with Crippen molar-refractivity contribution < 1.29 is 9.59 Å². The summed E-state index contributed by atoms with van der Waals surface area (Å²) in [4.78, 5) is 33.7. The van der Waals surface area contributed by atoms with Crippen LogP contribution in [0.15, 0.2) is 48.5 Å². The number of nitrogens with zero attached hydrogens (tertiary/aromatic N) is 3. The van der Waals surface area contributed by atoms with Crippen molar-refractivity contribution in [2.45, 2.75) is 26.3 Å². The minimum Gasteiger partial charge on any atom is -0.350 e. The smallest absolute Gasteiger partial charge is 0.274 e. The number of carbonyl (C=O) groups excluding carboxylic acids is 2. The van der Waals surface area contributed by atoms with Gasteiger partial charge in [-0.25, -0.2) is 4.98 Å². The lowest BCUT2D eigenvalue weighted by atomic mass is 10.1. The zero-order valence-corrected chi connectivity index (χ0v) is 19.4. The van der Waals surface area contributed by atoms with Crippen molar-refractivity contribution in [2.24, 2.45) is 11.8 Å². The van der Waals surface area contributed by atoms with E-state index in [4.69, 9.17) is 5.26 Å². The molecule has 5 rings (SSSR count). The summed E-state index contributed by atoms with van der Waals surface area (Å²) in [5.41, 5.74) is 3.69. The first kappa shape index (κ1) is 21.4. The second-order valence-electron chi connectivity index (χ2n) is 8.86. The molecule has 33 heavy (non-hydrogen) atoms. The van der Waals surface area contributed by atoms with Gasteiger partial charge < -0.3 is 10.2 Å². The van der Waals surface area contributed by atoms with Gasteiger partial charge in [0.1, 0.15) is 5.69 Å². The van der Waals surface area contributed by atoms with Gasteiger partial charge in [-0.2, -0.15) is 5.26 Å². The predicted molar refractivity (Wildman–Crippen MR) is 127 cm³/mol. The molecule has 2 aliphatic rings. The zero-order chi connectivity index (χ0) is 23.1. The maximum absolute atomic E-state index is 13.6. The summed E-state index contributed by atoms with van der Waals surface area (Å²) >= 11 is 1.54. The number of hydrogen-bond acceptors (Lipinski definition) is 5. The fourth-order valence-corrected chi connectivity index (χ4v) is 5.66. The number of benzene rings is 2. The number of piperidine rings is 1. The number of likely N-dealkylation sites (tertiary alicyclic amines) is 1. The molecule has 0 spiro atoms. The molecule has 7 heteroatoms. The van der Waals surface area contributed by atoms with Crippen LogP contribution in [0.2, 0.25) is 0 Å². The van der Waals surface area contributed by atoms with E-state index >= 15 is 0 Å². The van der Waals surface area contributed by atoms with Gasteiger partial charge in [0.15, 0.2) is 0 Å². The number of carbonyl (C=O) groups is 2. The fraction of sp³-hybridized carbons (Fsp3) is 0.308. The first-order valence-corrected chi connectivity index (χ1v) is 11.9. The number of nitriles is 1. The lowest BCUT2D eigenvalue weighted by molar-refractivity contribution is 0.0690. The van der Waals surface area contributed by atoms with Crippen LogP contribution in [-0.2, 0) is 0 Å². The molecule has 0 bridgehead atoms. The summed E-state index contributed by atoms with van der Waals surface area (Å²) in [5, 5.41) is 12.8. The summed E-state index contributed by atoms with van der Waals surface area (Å²) in [6.45, 7) is 5.09. The van der Waals surface area contributed by atoms with Crippen LogP contribution in [0.5, 0.6) is 0 Å². The SMILES string of the molecule is Cc1cccc(-c2sc(C)nc2C(=O)N2C[C@H]3CC3[C@H]2CNC(=O)c2ccc(C#N)cc2)c1. The predicted octanol–water partition coefficient (Wildman–Crippen LogP) is 4.19. The molecule has 1 N–H and O–H groups in total. The Labute approximate surface area is 196 Å². The van der Waals surface area contributed by atoms with Crippen molar-refractivity contribution in [2.75, 3.05) is 13.1 Å². The monoisotopic (exact) mass is 456 g/mol. The Morgan fingerprint density at radius 2 is 2.00 bits per heavy atom. The Morgan fingerprint density at radius 3 is 2.73 bits per heavy atom. The number of aromatic nitrogens is 1. The van der Waals surface area contributed by atoms with Crippen molar-refractivity contribution in [3.8, 4) is 16.5 Å². The molecule has 1 aliphatic carbocycles. The standard InChI is InChI=1S/C26H24N4O2S/c1-15-4-3-5-19(10-15)24-23(29-16(2)33-24)26(32)30-14-20-11-21(20)22(30)13-28-25(31)18-8-6-17(12-27)7-9-18/h3-10,20-22H,11,13-14H2,1-2H3,(H,28,31)/t20-,21?,22-/m1/s1. The van der Waals surface area contributed by atoms with Crippen LogP contribution in [0.3, 0.4) is 0 Å². The number of nitrogens with one attached hydrogen (secondary N) is 1. The maximum Gasteiger partial charge on any atom is 0.274 e. The van der Waals surface area contributed by atoms with Gasteiger partial charge in [-0.3, -0.25) is 9.59 Å². The zero-order valence-electron chi connectivity index (χ0n) is 18.5. The summed E-state index contributed by atoms with van der Waals surface area (Å²) in [7, 11) is 0. The van der Waals surface area contributed by atoms with Gasteiger partial charge in [-0.1, -0.05) is 29.8 Å².